The quantitative estimate of drug-likeness (QED) is 0.159. The molecule has 0 aliphatic heterocycles. The molecule has 0 radical (unpaired) electrons. The molecular weight excluding hydrogens is 496 g/mol. The van der Waals surface area contributed by atoms with Gasteiger partial charge in [0.25, 0.3) is 0 Å². The number of hydrogen-bond acceptors (Lipinski definition) is 7. The standard InChI is InChI=1S/C25H34N6O7/c1-3-14(2)21(26)24(36)30-17(10-16-12-27-13-28-16)22(34)29-18(11-20(32)33)23(35)31-19(25(37)38)9-15-7-5-4-6-8-15/h4-8,12-14,17-19,21H,3,9-11,26H2,1-2H3,(H,27,28)(H,29,34)(H,30,36)(H,31,35)(H,32,33)(H,37,38). The van der Waals surface area contributed by atoms with Crippen molar-refractivity contribution in [1.29, 1.82) is 0 Å². The second kappa shape index (κ2) is 14.5. The van der Waals surface area contributed by atoms with Gasteiger partial charge in [-0.1, -0.05) is 50.6 Å². The summed E-state index contributed by atoms with van der Waals surface area (Å²) < 4.78 is 0. The van der Waals surface area contributed by atoms with Gasteiger partial charge in [0.15, 0.2) is 0 Å². The predicted molar refractivity (Wildman–Crippen MR) is 136 cm³/mol. The SMILES string of the molecule is CCC(C)C(N)C(=O)NC(Cc1cnc[nH]1)C(=O)NC(CC(=O)O)C(=O)NC(Cc1ccccc1)C(=O)O. The molecule has 0 aliphatic rings. The average molecular weight is 531 g/mol. The van der Waals surface area contributed by atoms with E-state index in [1.165, 1.54) is 12.5 Å². The zero-order valence-electron chi connectivity index (χ0n) is 21.2. The van der Waals surface area contributed by atoms with Crippen LogP contribution in [0, 0.1) is 5.92 Å². The number of nitrogens with two attached hydrogens (primary N) is 1. The zero-order chi connectivity index (χ0) is 28.2. The van der Waals surface area contributed by atoms with Crippen molar-refractivity contribution >= 4 is 29.7 Å². The lowest BCUT2D eigenvalue weighted by molar-refractivity contribution is -0.143. The number of rotatable bonds is 15. The highest BCUT2D eigenvalue weighted by molar-refractivity contribution is 5.95. The van der Waals surface area contributed by atoms with Crippen LogP contribution in [-0.2, 0) is 36.8 Å². The Morgan fingerprint density at radius 3 is 2.08 bits per heavy atom. The van der Waals surface area contributed by atoms with Crippen LogP contribution in [0.2, 0.25) is 0 Å². The largest absolute Gasteiger partial charge is 0.481 e. The molecule has 0 bridgehead atoms. The monoisotopic (exact) mass is 530 g/mol. The summed E-state index contributed by atoms with van der Waals surface area (Å²) in [6.07, 6.45) is 2.55. The third-order valence-corrected chi connectivity index (χ3v) is 6.08. The first-order valence-electron chi connectivity index (χ1n) is 12.1. The van der Waals surface area contributed by atoms with Crippen molar-refractivity contribution < 1.29 is 34.2 Å². The number of benzene rings is 1. The van der Waals surface area contributed by atoms with Gasteiger partial charge in [-0.2, -0.15) is 0 Å². The maximum atomic E-state index is 13.2. The fourth-order valence-electron chi connectivity index (χ4n) is 3.58. The number of amides is 3. The van der Waals surface area contributed by atoms with Crippen LogP contribution in [0.1, 0.15) is 37.9 Å². The van der Waals surface area contributed by atoms with Crippen LogP contribution in [0.15, 0.2) is 42.9 Å². The minimum absolute atomic E-state index is 0.0437. The highest BCUT2D eigenvalue weighted by Crippen LogP contribution is 2.08. The molecule has 0 aliphatic carbocycles. The predicted octanol–water partition coefficient (Wildman–Crippen LogP) is -0.418. The summed E-state index contributed by atoms with van der Waals surface area (Å²) in [7, 11) is 0. The number of aliphatic carboxylic acids is 2. The van der Waals surface area contributed by atoms with Crippen LogP contribution in [0.25, 0.3) is 0 Å². The lowest BCUT2D eigenvalue weighted by atomic mass is 9.98. The Kier molecular flexibility index (Phi) is 11.4. The molecule has 2 rings (SSSR count). The first kappa shape index (κ1) is 30.0. The zero-order valence-corrected chi connectivity index (χ0v) is 21.2. The smallest absolute Gasteiger partial charge is 0.326 e. The van der Waals surface area contributed by atoms with E-state index in [4.69, 9.17) is 5.73 Å². The topological polar surface area (TPSA) is 217 Å². The van der Waals surface area contributed by atoms with Crippen LogP contribution >= 0.6 is 0 Å². The molecule has 8 N–H and O–H groups in total. The summed E-state index contributed by atoms with van der Waals surface area (Å²) in [5.41, 5.74) is 7.13. The van der Waals surface area contributed by atoms with Gasteiger partial charge in [-0.15, -0.1) is 0 Å². The molecule has 3 amide bonds. The Morgan fingerprint density at radius 1 is 0.921 bits per heavy atom. The molecule has 1 aromatic heterocycles. The molecule has 38 heavy (non-hydrogen) atoms. The van der Waals surface area contributed by atoms with Gasteiger partial charge in [0.1, 0.15) is 18.1 Å². The maximum Gasteiger partial charge on any atom is 0.326 e. The molecule has 206 valence electrons. The Labute approximate surface area is 219 Å². The third kappa shape index (κ3) is 9.32. The van der Waals surface area contributed by atoms with Crippen molar-refractivity contribution in [2.75, 3.05) is 0 Å². The minimum atomic E-state index is -1.61. The molecule has 13 heteroatoms. The van der Waals surface area contributed by atoms with Crippen LogP contribution in [0.4, 0.5) is 0 Å². The van der Waals surface area contributed by atoms with E-state index in [0.29, 0.717) is 17.7 Å². The van der Waals surface area contributed by atoms with Crippen LogP contribution in [-0.4, -0.2) is 74.0 Å². The van der Waals surface area contributed by atoms with Gasteiger partial charge in [-0.25, -0.2) is 9.78 Å². The summed E-state index contributed by atoms with van der Waals surface area (Å²) in [6, 6.07) is 3.46. The highest BCUT2D eigenvalue weighted by Gasteiger charge is 2.32. The van der Waals surface area contributed by atoms with Gasteiger partial charge in [0.2, 0.25) is 17.7 Å². The highest BCUT2D eigenvalue weighted by atomic mass is 16.4. The lowest BCUT2D eigenvalue weighted by Gasteiger charge is -2.25. The summed E-state index contributed by atoms with van der Waals surface area (Å²) in [6.45, 7) is 3.65. The fraction of sp³-hybridized carbons (Fsp3) is 0.440. The van der Waals surface area contributed by atoms with E-state index in [1.807, 2.05) is 6.92 Å². The van der Waals surface area contributed by atoms with Crippen molar-refractivity contribution in [3.63, 3.8) is 0 Å². The van der Waals surface area contributed by atoms with E-state index in [1.54, 1.807) is 37.3 Å². The molecule has 0 fully saturated rings. The first-order valence-corrected chi connectivity index (χ1v) is 12.1. The van der Waals surface area contributed by atoms with E-state index in [0.717, 1.165) is 0 Å². The number of H-pyrrole nitrogens is 1. The van der Waals surface area contributed by atoms with Crippen molar-refractivity contribution in [2.45, 2.75) is 63.7 Å². The summed E-state index contributed by atoms with van der Waals surface area (Å²) in [5.74, 6) is -5.33. The number of aromatic nitrogens is 2. The average Bonchev–Trinajstić information content (AvgIpc) is 3.39. The van der Waals surface area contributed by atoms with Crippen LogP contribution in [0.3, 0.4) is 0 Å². The normalized spacial score (nSPS) is 14.8. The molecule has 1 heterocycles. The molecule has 0 saturated heterocycles. The second-order valence-corrected chi connectivity index (χ2v) is 9.00. The molecule has 0 saturated carbocycles. The lowest BCUT2D eigenvalue weighted by Crippen LogP contribution is -2.58. The van der Waals surface area contributed by atoms with Gasteiger partial charge < -0.3 is 36.9 Å². The molecular formula is C25H34N6O7. The molecule has 5 atom stereocenters. The van der Waals surface area contributed by atoms with Gasteiger partial charge in [-0.05, 0) is 11.5 Å². The Bertz CT molecular complexity index is 1090. The molecule has 2 aromatic rings. The van der Waals surface area contributed by atoms with Crippen molar-refractivity contribution in [2.24, 2.45) is 11.7 Å². The van der Waals surface area contributed by atoms with E-state index >= 15 is 0 Å². The number of carboxylic acids is 2. The number of aromatic amines is 1. The van der Waals surface area contributed by atoms with E-state index < -0.39 is 60.2 Å². The number of imidazole rings is 1. The molecule has 5 unspecified atom stereocenters. The van der Waals surface area contributed by atoms with E-state index in [-0.39, 0.29) is 18.8 Å². The Hall–Kier alpha value is -4.26. The van der Waals surface area contributed by atoms with Crippen molar-refractivity contribution in [1.82, 2.24) is 25.9 Å². The summed E-state index contributed by atoms with van der Waals surface area (Å²) >= 11 is 0. The first-order chi connectivity index (χ1) is 18.0. The summed E-state index contributed by atoms with van der Waals surface area (Å²) in [4.78, 5) is 68.8. The van der Waals surface area contributed by atoms with Crippen molar-refractivity contribution in [3.05, 3.63) is 54.1 Å². The number of nitrogens with zero attached hydrogens (tertiary/aromatic N) is 1. The Morgan fingerprint density at radius 2 is 1.53 bits per heavy atom. The van der Waals surface area contributed by atoms with Gasteiger partial charge in [0, 0.05) is 24.7 Å². The van der Waals surface area contributed by atoms with Crippen LogP contribution in [0.5, 0.6) is 0 Å². The summed E-state index contributed by atoms with van der Waals surface area (Å²) in [5, 5.41) is 26.1. The van der Waals surface area contributed by atoms with E-state index in [9.17, 15) is 34.2 Å². The number of carbonyl (C=O) groups is 5. The number of nitrogens with one attached hydrogen (secondary N) is 4. The number of carbonyl (C=O) groups excluding carboxylic acids is 3. The molecule has 0 spiro atoms. The maximum absolute atomic E-state index is 13.2. The van der Waals surface area contributed by atoms with Gasteiger partial charge >= 0.3 is 11.9 Å². The molecule has 1 aromatic carbocycles. The third-order valence-electron chi connectivity index (χ3n) is 6.08. The fourth-order valence-corrected chi connectivity index (χ4v) is 3.58. The second-order valence-electron chi connectivity index (χ2n) is 9.00. The van der Waals surface area contributed by atoms with Crippen molar-refractivity contribution in [3.8, 4) is 0 Å². The van der Waals surface area contributed by atoms with E-state index in [2.05, 4.69) is 25.9 Å². The number of hydrogen-bond donors (Lipinski definition) is 7. The Balaban J connectivity index is 2.20. The van der Waals surface area contributed by atoms with Gasteiger partial charge in [-0.3, -0.25) is 19.2 Å². The minimum Gasteiger partial charge on any atom is -0.481 e. The molecule has 13 nitrogen and oxygen atoms in total. The number of carboxylic acid groups (broad SMARTS) is 2. The van der Waals surface area contributed by atoms with Gasteiger partial charge in [0.05, 0.1) is 18.8 Å². The van der Waals surface area contributed by atoms with Crippen LogP contribution < -0.4 is 21.7 Å².